The maximum atomic E-state index is 13.2. The maximum Gasteiger partial charge on any atom is 0.337 e. The number of hydrogen-bond acceptors (Lipinski definition) is 3. The summed E-state index contributed by atoms with van der Waals surface area (Å²) in [4.78, 5) is 40.1. The molecular formula is C37H69NO4. The van der Waals surface area contributed by atoms with Crippen LogP contribution in [0.3, 0.4) is 0 Å². The highest BCUT2D eigenvalue weighted by Crippen LogP contribution is 2.33. The molecule has 1 amide bonds. The lowest BCUT2D eigenvalue weighted by Crippen LogP contribution is -2.58. The van der Waals surface area contributed by atoms with Gasteiger partial charge >= 0.3 is 5.97 Å². The summed E-state index contributed by atoms with van der Waals surface area (Å²) in [6, 6.07) is 0. The van der Waals surface area contributed by atoms with E-state index in [4.69, 9.17) is 0 Å². The summed E-state index contributed by atoms with van der Waals surface area (Å²) in [7, 11) is 0. The molecule has 0 radical (unpaired) electrons. The Morgan fingerprint density at radius 1 is 0.524 bits per heavy atom. The highest BCUT2D eigenvalue weighted by atomic mass is 16.4. The molecule has 1 fully saturated rings. The fourth-order valence-electron chi connectivity index (χ4n) is 6.73. The van der Waals surface area contributed by atoms with E-state index in [9.17, 15) is 19.5 Å². The van der Waals surface area contributed by atoms with E-state index in [1.165, 1.54) is 133 Å². The molecule has 246 valence electrons. The van der Waals surface area contributed by atoms with Gasteiger partial charge in [-0.15, -0.1) is 0 Å². The molecule has 0 aromatic carbocycles. The van der Waals surface area contributed by atoms with Crippen LogP contribution in [-0.4, -0.2) is 39.7 Å². The number of carboxylic acid groups (broad SMARTS) is 1. The Morgan fingerprint density at radius 2 is 0.857 bits per heavy atom. The van der Waals surface area contributed by atoms with Crippen LogP contribution in [0.25, 0.3) is 0 Å². The third-order valence-corrected chi connectivity index (χ3v) is 9.50. The molecule has 0 bridgehead atoms. The van der Waals surface area contributed by atoms with Crippen molar-refractivity contribution in [3.8, 4) is 0 Å². The first-order valence-corrected chi connectivity index (χ1v) is 18.6. The van der Waals surface area contributed by atoms with Gasteiger partial charge < -0.3 is 10.0 Å². The smallest absolute Gasteiger partial charge is 0.337 e. The Labute approximate surface area is 260 Å². The normalized spacial score (nSPS) is 16.8. The lowest BCUT2D eigenvalue weighted by molar-refractivity contribution is -0.162. The minimum absolute atomic E-state index is 0.142. The number of hydrogen-bond donors (Lipinski definition) is 1. The minimum atomic E-state index is -1.62. The van der Waals surface area contributed by atoms with Gasteiger partial charge in [0, 0.05) is 19.4 Å². The van der Waals surface area contributed by atoms with Gasteiger partial charge in [-0.3, -0.25) is 9.59 Å². The van der Waals surface area contributed by atoms with Crippen molar-refractivity contribution in [1.82, 2.24) is 4.90 Å². The van der Waals surface area contributed by atoms with E-state index in [0.29, 0.717) is 19.4 Å². The average molecular weight is 592 g/mol. The monoisotopic (exact) mass is 592 g/mol. The van der Waals surface area contributed by atoms with Gasteiger partial charge in [0.15, 0.2) is 11.3 Å². The fourth-order valence-corrected chi connectivity index (χ4v) is 6.73. The molecule has 1 heterocycles. The van der Waals surface area contributed by atoms with Gasteiger partial charge in [0.2, 0.25) is 5.91 Å². The van der Waals surface area contributed by atoms with Crippen LogP contribution in [0.1, 0.15) is 206 Å². The SMILES string of the molecule is CCCCCCCCCCCCCCCC(=O)N1CCC[C@]1(C(=O)O)C(=O)CCCCCCCCCCCCCCC. The number of carboxylic acids is 1. The highest BCUT2D eigenvalue weighted by Gasteiger charge is 2.54. The van der Waals surface area contributed by atoms with Crippen molar-refractivity contribution >= 4 is 17.7 Å². The van der Waals surface area contributed by atoms with E-state index < -0.39 is 11.5 Å². The van der Waals surface area contributed by atoms with Crippen LogP contribution in [0.4, 0.5) is 0 Å². The average Bonchev–Trinajstić information content (AvgIpc) is 3.44. The number of unbranched alkanes of at least 4 members (excludes halogenated alkanes) is 24. The molecule has 42 heavy (non-hydrogen) atoms. The molecule has 1 aliphatic rings. The number of Topliss-reactive ketones (excluding diaryl/α,β-unsaturated/α-hetero) is 1. The first kappa shape index (κ1) is 38.6. The van der Waals surface area contributed by atoms with Crippen LogP contribution in [0.15, 0.2) is 0 Å². The number of carbonyl (C=O) groups is 3. The Morgan fingerprint density at radius 3 is 1.21 bits per heavy atom. The number of ketones is 1. The van der Waals surface area contributed by atoms with E-state index in [-0.39, 0.29) is 24.5 Å². The van der Waals surface area contributed by atoms with Gasteiger partial charge in [0.05, 0.1) is 0 Å². The standard InChI is InChI=1S/C37H69NO4/c1-3-5-7-9-11-13-15-17-19-21-23-25-27-30-34(39)37(36(41)42)32-29-33-38(37)35(40)31-28-26-24-22-20-18-16-14-12-10-8-6-4-2/h3-33H2,1-2H3,(H,41,42)/t37-/m1/s1. The van der Waals surface area contributed by atoms with Gasteiger partial charge in [-0.25, -0.2) is 4.79 Å². The van der Waals surface area contributed by atoms with Gasteiger partial charge in [-0.1, -0.05) is 168 Å². The highest BCUT2D eigenvalue weighted by molar-refractivity contribution is 6.10. The Bertz CT molecular complexity index is 693. The summed E-state index contributed by atoms with van der Waals surface area (Å²) in [5.41, 5.74) is -1.62. The minimum Gasteiger partial charge on any atom is -0.479 e. The Balaban J connectivity index is 2.19. The summed E-state index contributed by atoms with van der Waals surface area (Å²) in [6.07, 6.45) is 33.7. The van der Waals surface area contributed by atoms with Gasteiger partial charge in [-0.2, -0.15) is 0 Å². The first-order chi connectivity index (χ1) is 20.5. The van der Waals surface area contributed by atoms with E-state index in [1.807, 2.05) is 0 Å². The summed E-state index contributed by atoms with van der Waals surface area (Å²) in [5.74, 6) is -1.52. The molecule has 0 saturated carbocycles. The van der Waals surface area contributed by atoms with Crippen LogP contribution < -0.4 is 0 Å². The third-order valence-electron chi connectivity index (χ3n) is 9.50. The van der Waals surface area contributed by atoms with Crippen molar-refractivity contribution in [2.24, 2.45) is 0 Å². The number of nitrogens with zero attached hydrogens (tertiary/aromatic N) is 1. The number of carbonyl (C=O) groups excluding carboxylic acids is 2. The molecule has 0 aliphatic carbocycles. The summed E-state index contributed by atoms with van der Waals surface area (Å²) in [5, 5.41) is 10.1. The zero-order chi connectivity index (χ0) is 30.7. The van der Waals surface area contributed by atoms with Gasteiger partial charge in [0.25, 0.3) is 0 Å². The van der Waals surface area contributed by atoms with Gasteiger partial charge in [-0.05, 0) is 25.7 Å². The van der Waals surface area contributed by atoms with Crippen molar-refractivity contribution in [3.63, 3.8) is 0 Å². The molecule has 1 aliphatic heterocycles. The predicted octanol–water partition coefficient (Wildman–Crippen LogP) is 11.0. The van der Waals surface area contributed by atoms with Gasteiger partial charge in [0.1, 0.15) is 0 Å². The van der Waals surface area contributed by atoms with Crippen molar-refractivity contribution in [1.29, 1.82) is 0 Å². The number of likely N-dealkylation sites (tertiary alicyclic amines) is 1. The second-order valence-electron chi connectivity index (χ2n) is 13.2. The van der Waals surface area contributed by atoms with Crippen molar-refractivity contribution < 1.29 is 19.5 Å². The molecular weight excluding hydrogens is 522 g/mol. The van der Waals surface area contributed by atoms with Crippen LogP contribution in [0, 0.1) is 0 Å². The number of amides is 1. The van der Waals surface area contributed by atoms with Crippen molar-refractivity contribution in [3.05, 3.63) is 0 Å². The molecule has 0 spiro atoms. The lowest BCUT2D eigenvalue weighted by Gasteiger charge is -2.33. The van der Waals surface area contributed by atoms with Crippen molar-refractivity contribution in [2.75, 3.05) is 6.54 Å². The molecule has 0 aromatic rings. The third kappa shape index (κ3) is 16.5. The Hall–Kier alpha value is -1.39. The second kappa shape index (κ2) is 26.1. The first-order valence-electron chi connectivity index (χ1n) is 18.6. The molecule has 0 unspecified atom stereocenters. The number of rotatable bonds is 30. The number of aliphatic carboxylic acids is 1. The topological polar surface area (TPSA) is 74.7 Å². The predicted molar refractivity (Wildman–Crippen MR) is 177 cm³/mol. The van der Waals surface area contributed by atoms with E-state index in [0.717, 1.165) is 38.5 Å². The van der Waals surface area contributed by atoms with E-state index >= 15 is 0 Å². The molecule has 0 aromatic heterocycles. The van der Waals surface area contributed by atoms with E-state index in [1.54, 1.807) is 0 Å². The summed E-state index contributed by atoms with van der Waals surface area (Å²) >= 11 is 0. The molecule has 1 rings (SSSR count). The molecule has 5 nitrogen and oxygen atoms in total. The molecule has 1 N–H and O–H groups in total. The Kier molecular flexibility index (Phi) is 24.0. The lowest BCUT2D eigenvalue weighted by atomic mass is 9.87. The quantitative estimate of drug-likeness (QED) is 0.0666. The zero-order valence-corrected chi connectivity index (χ0v) is 28.0. The molecule has 5 heteroatoms. The summed E-state index contributed by atoms with van der Waals surface area (Å²) < 4.78 is 0. The second-order valence-corrected chi connectivity index (χ2v) is 13.2. The van der Waals surface area contributed by atoms with Crippen LogP contribution in [-0.2, 0) is 14.4 Å². The van der Waals surface area contributed by atoms with Crippen LogP contribution >= 0.6 is 0 Å². The van der Waals surface area contributed by atoms with Crippen molar-refractivity contribution in [2.45, 2.75) is 212 Å². The summed E-state index contributed by atoms with van der Waals surface area (Å²) in [6.45, 7) is 4.91. The molecule has 1 saturated heterocycles. The largest absolute Gasteiger partial charge is 0.479 e. The van der Waals surface area contributed by atoms with Crippen LogP contribution in [0.2, 0.25) is 0 Å². The zero-order valence-electron chi connectivity index (χ0n) is 28.0. The fraction of sp³-hybridized carbons (Fsp3) is 0.919. The van der Waals surface area contributed by atoms with E-state index in [2.05, 4.69) is 13.8 Å². The van der Waals surface area contributed by atoms with Crippen LogP contribution in [0.5, 0.6) is 0 Å². The molecule has 1 atom stereocenters. The maximum absolute atomic E-state index is 13.2.